The largest absolute Gasteiger partial charge is 0.350 e. The zero-order valence-corrected chi connectivity index (χ0v) is 13.1. The van der Waals surface area contributed by atoms with Gasteiger partial charge in [-0.25, -0.2) is 4.98 Å². The summed E-state index contributed by atoms with van der Waals surface area (Å²) < 4.78 is 1.97. The standard InChI is InChI=1S/C17H17N3OS/c1-11-5-6-15(22-11)13-8-14(13)17(21)18-9-12-10-20-7-3-2-4-16(20)19-12/h2-7,10,13-14H,8-9H2,1H3,(H,18,21)/t13-,14+/m1/s1. The van der Waals surface area contributed by atoms with Crippen molar-refractivity contribution >= 4 is 22.9 Å². The van der Waals surface area contributed by atoms with E-state index in [0.717, 1.165) is 17.8 Å². The van der Waals surface area contributed by atoms with Crippen molar-refractivity contribution in [2.24, 2.45) is 5.92 Å². The molecular formula is C17H17N3OS. The summed E-state index contributed by atoms with van der Waals surface area (Å²) in [6.07, 6.45) is 4.89. The molecule has 3 aromatic heterocycles. The van der Waals surface area contributed by atoms with Crippen LogP contribution in [0.15, 0.2) is 42.7 Å². The first-order chi connectivity index (χ1) is 10.7. The van der Waals surface area contributed by atoms with Gasteiger partial charge in [-0.15, -0.1) is 11.3 Å². The van der Waals surface area contributed by atoms with Gasteiger partial charge >= 0.3 is 0 Å². The van der Waals surface area contributed by atoms with Crippen molar-refractivity contribution in [3.05, 3.63) is 58.2 Å². The van der Waals surface area contributed by atoms with Gasteiger partial charge in [-0.05, 0) is 37.6 Å². The normalized spacial score (nSPS) is 20.2. The number of nitrogens with one attached hydrogen (secondary N) is 1. The van der Waals surface area contributed by atoms with Crippen molar-refractivity contribution in [1.29, 1.82) is 0 Å². The van der Waals surface area contributed by atoms with Gasteiger partial charge < -0.3 is 9.72 Å². The van der Waals surface area contributed by atoms with Gasteiger partial charge in [-0.2, -0.15) is 0 Å². The minimum Gasteiger partial charge on any atom is -0.350 e. The van der Waals surface area contributed by atoms with E-state index in [9.17, 15) is 4.79 Å². The quantitative estimate of drug-likeness (QED) is 0.804. The molecule has 112 valence electrons. The number of hydrogen-bond acceptors (Lipinski definition) is 3. The topological polar surface area (TPSA) is 46.4 Å². The van der Waals surface area contributed by atoms with Gasteiger partial charge in [0.25, 0.3) is 0 Å². The van der Waals surface area contributed by atoms with Crippen LogP contribution in [0.1, 0.15) is 27.8 Å². The van der Waals surface area contributed by atoms with Crippen LogP contribution < -0.4 is 5.32 Å². The molecule has 0 bridgehead atoms. The van der Waals surface area contributed by atoms with Crippen LogP contribution in [-0.4, -0.2) is 15.3 Å². The van der Waals surface area contributed by atoms with E-state index in [1.54, 1.807) is 11.3 Å². The fourth-order valence-corrected chi connectivity index (χ4v) is 3.89. The molecule has 5 heteroatoms. The highest BCUT2D eigenvalue weighted by molar-refractivity contribution is 7.12. The van der Waals surface area contributed by atoms with Crippen molar-refractivity contribution in [2.75, 3.05) is 0 Å². The van der Waals surface area contributed by atoms with Crippen molar-refractivity contribution in [1.82, 2.24) is 14.7 Å². The van der Waals surface area contributed by atoms with E-state index in [1.807, 2.05) is 35.0 Å². The third-order valence-electron chi connectivity index (χ3n) is 4.11. The highest BCUT2D eigenvalue weighted by Gasteiger charge is 2.44. The minimum atomic E-state index is 0.134. The maximum Gasteiger partial charge on any atom is 0.224 e. The first-order valence-electron chi connectivity index (χ1n) is 7.47. The van der Waals surface area contributed by atoms with Crippen LogP contribution in [0.25, 0.3) is 5.65 Å². The number of thiophene rings is 1. The number of nitrogens with zero attached hydrogens (tertiary/aromatic N) is 2. The lowest BCUT2D eigenvalue weighted by Crippen LogP contribution is -2.24. The summed E-state index contributed by atoms with van der Waals surface area (Å²) in [5.41, 5.74) is 1.80. The molecule has 4 nitrogen and oxygen atoms in total. The Bertz CT molecular complexity index is 802. The lowest BCUT2D eigenvalue weighted by atomic mass is 10.2. The predicted molar refractivity (Wildman–Crippen MR) is 86.9 cm³/mol. The second-order valence-corrected chi connectivity index (χ2v) is 7.13. The van der Waals surface area contributed by atoms with E-state index in [4.69, 9.17) is 0 Å². The van der Waals surface area contributed by atoms with Crippen LogP contribution in [0.3, 0.4) is 0 Å². The fraction of sp³-hybridized carbons (Fsp3) is 0.294. The molecule has 0 aromatic carbocycles. The molecule has 1 N–H and O–H groups in total. The number of amides is 1. The maximum atomic E-state index is 12.2. The molecule has 0 spiro atoms. The third-order valence-corrected chi connectivity index (χ3v) is 5.24. The molecule has 2 atom stereocenters. The minimum absolute atomic E-state index is 0.134. The first-order valence-corrected chi connectivity index (χ1v) is 8.29. The number of fused-ring (bicyclic) bond motifs is 1. The fourth-order valence-electron chi connectivity index (χ4n) is 2.83. The number of aryl methyl sites for hydroxylation is 1. The average molecular weight is 311 g/mol. The lowest BCUT2D eigenvalue weighted by molar-refractivity contribution is -0.122. The van der Waals surface area contributed by atoms with Crippen molar-refractivity contribution in [2.45, 2.75) is 25.8 Å². The van der Waals surface area contributed by atoms with Crippen LogP contribution in [0.4, 0.5) is 0 Å². The molecular weight excluding hydrogens is 294 g/mol. The molecule has 0 radical (unpaired) electrons. The van der Waals surface area contributed by atoms with Gasteiger partial charge in [0, 0.05) is 34.0 Å². The molecule has 1 aliphatic carbocycles. The molecule has 3 heterocycles. The van der Waals surface area contributed by atoms with E-state index in [1.165, 1.54) is 9.75 Å². The summed E-state index contributed by atoms with van der Waals surface area (Å²) in [5, 5.41) is 3.02. The van der Waals surface area contributed by atoms with Crippen molar-refractivity contribution in [3.8, 4) is 0 Å². The summed E-state index contributed by atoms with van der Waals surface area (Å²) in [6.45, 7) is 2.60. The SMILES string of the molecule is Cc1ccc([C@@H]2C[C@@H]2C(=O)NCc2cn3ccccc3n2)s1. The van der Waals surface area contributed by atoms with E-state index >= 15 is 0 Å². The van der Waals surface area contributed by atoms with Crippen molar-refractivity contribution in [3.63, 3.8) is 0 Å². The number of carbonyl (C=O) groups is 1. The molecule has 4 rings (SSSR count). The first kappa shape index (κ1) is 13.5. The Balaban J connectivity index is 1.37. The van der Waals surface area contributed by atoms with Gasteiger partial charge in [0.15, 0.2) is 0 Å². The van der Waals surface area contributed by atoms with E-state index < -0.39 is 0 Å². The molecule has 0 aliphatic heterocycles. The van der Waals surface area contributed by atoms with Crippen LogP contribution in [0.5, 0.6) is 0 Å². The zero-order chi connectivity index (χ0) is 15.1. The van der Waals surface area contributed by atoms with Crippen LogP contribution in [0.2, 0.25) is 0 Å². The summed E-state index contributed by atoms with van der Waals surface area (Å²) in [5.74, 6) is 0.697. The summed E-state index contributed by atoms with van der Waals surface area (Å²) in [4.78, 5) is 19.4. The predicted octanol–water partition coefficient (Wildman–Crippen LogP) is 3.12. The second kappa shape index (κ2) is 5.25. The second-order valence-electron chi connectivity index (χ2n) is 5.81. The Morgan fingerprint density at radius 3 is 3.09 bits per heavy atom. The van der Waals surface area contributed by atoms with Crippen LogP contribution in [0, 0.1) is 12.8 Å². The molecule has 0 unspecified atom stereocenters. The summed E-state index contributed by atoms with van der Waals surface area (Å²) in [6, 6.07) is 10.2. The Labute approximate surface area is 132 Å². The number of carbonyl (C=O) groups excluding carboxylic acids is 1. The Morgan fingerprint density at radius 1 is 1.41 bits per heavy atom. The summed E-state index contributed by atoms with van der Waals surface area (Å²) >= 11 is 1.80. The van der Waals surface area contributed by atoms with E-state index in [0.29, 0.717) is 12.5 Å². The molecule has 1 saturated carbocycles. The Hall–Kier alpha value is -2.14. The molecule has 1 aliphatic rings. The number of imidazole rings is 1. The molecule has 0 saturated heterocycles. The lowest BCUT2D eigenvalue weighted by Gasteiger charge is -2.01. The molecule has 22 heavy (non-hydrogen) atoms. The van der Waals surface area contributed by atoms with Crippen molar-refractivity contribution < 1.29 is 4.79 Å². The van der Waals surface area contributed by atoms with Gasteiger partial charge in [-0.1, -0.05) is 6.07 Å². The average Bonchev–Trinajstić information content (AvgIpc) is 3.02. The molecule has 1 fully saturated rings. The number of pyridine rings is 1. The number of rotatable bonds is 4. The third kappa shape index (κ3) is 2.52. The highest BCUT2D eigenvalue weighted by atomic mass is 32.1. The molecule has 1 amide bonds. The van der Waals surface area contributed by atoms with Gasteiger partial charge in [0.2, 0.25) is 5.91 Å². The Morgan fingerprint density at radius 2 is 2.32 bits per heavy atom. The number of hydrogen-bond donors (Lipinski definition) is 1. The maximum absolute atomic E-state index is 12.2. The highest BCUT2D eigenvalue weighted by Crippen LogP contribution is 2.49. The van der Waals surface area contributed by atoms with E-state index in [-0.39, 0.29) is 11.8 Å². The zero-order valence-electron chi connectivity index (χ0n) is 12.3. The van der Waals surface area contributed by atoms with Crippen LogP contribution >= 0.6 is 11.3 Å². The van der Waals surface area contributed by atoms with E-state index in [2.05, 4.69) is 29.4 Å². The Kier molecular flexibility index (Phi) is 3.22. The summed E-state index contributed by atoms with van der Waals surface area (Å²) in [7, 11) is 0. The molecule has 3 aromatic rings. The number of aromatic nitrogens is 2. The smallest absolute Gasteiger partial charge is 0.224 e. The monoisotopic (exact) mass is 311 g/mol. The van der Waals surface area contributed by atoms with Gasteiger partial charge in [0.05, 0.1) is 12.2 Å². The van der Waals surface area contributed by atoms with Gasteiger partial charge in [-0.3, -0.25) is 4.79 Å². The van der Waals surface area contributed by atoms with Crippen LogP contribution in [-0.2, 0) is 11.3 Å². The van der Waals surface area contributed by atoms with Gasteiger partial charge in [0.1, 0.15) is 5.65 Å².